The summed E-state index contributed by atoms with van der Waals surface area (Å²) in [6.45, 7) is 9.43. The first-order valence-electron chi connectivity index (χ1n) is 11.5. The molecule has 0 amide bonds. The van der Waals surface area contributed by atoms with Crippen molar-refractivity contribution < 1.29 is 0 Å². The highest BCUT2D eigenvalue weighted by Crippen LogP contribution is 2.54. The number of hydrogen-bond donors (Lipinski definition) is 0. The maximum atomic E-state index is 4.79. The molecule has 0 bridgehead atoms. The number of nitrogens with zero attached hydrogens (tertiary/aromatic N) is 2. The lowest BCUT2D eigenvalue weighted by Crippen LogP contribution is -2.25. The Balaban J connectivity index is 1.75. The number of benzene rings is 1. The van der Waals surface area contributed by atoms with E-state index < -0.39 is 0 Å². The van der Waals surface area contributed by atoms with Crippen LogP contribution in [0.15, 0.2) is 83.2 Å². The molecule has 2 heteroatoms. The van der Waals surface area contributed by atoms with Crippen LogP contribution < -0.4 is 0 Å². The molecule has 2 aromatic rings. The predicted octanol–water partition coefficient (Wildman–Crippen LogP) is 7.30. The fraction of sp³-hybridized carbons (Fsp3) is 0.393. The third kappa shape index (κ3) is 3.05. The molecular weight excluding hydrogens is 364 g/mol. The summed E-state index contributed by atoms with van der Waals surface area (Å²) >= 11 is 0. The lowest BCUT2D eigenvalue weighted by molar-refractivity contribution is 0.493. The van der Waals surface area contributed by atoms with Crippen LogP contribution in [0.3, 0.4) is 0 Å². The minimum atomic E-state index is 0.480. The Bertz CT molecular complexity index is 1070. The van der Waals surface area contributed by atoms with Crippen LogP contribution in [0, 0.1) is 23.7 Å². The maximum Gasteiger partial charge on any atom is 0.144 e. The summed E-state index contributed by atoms with van der Waals surface area (Å²) in [6, 6.07) is 10.6. The van der Waals surface area contributed by atoms with Gasteiger partial charge >= 0.3 is 0 Å². The Morgan fingerprint density at radius 3 is 2.57 bits per heavy atom. The fourth-order valence-electron chi connectivity index (χ4n) is 5.74. The zero-order valence-electron chi connectivity index (χ0n) is 18.6. The van der Waals surface area contributed by atoms with Gasteiger partial charge in [0.05, 0.1) is 5.70 Å². The van der Waals surface area contributed by atoms with Crippen LogP contribution in [0.4, 0.5) is 0 Å². The molecule has 0 fully saturated rings. The van der Waals surface area contributed by atoms with E-state index in [9.17, 15) is 0 Å². The van der Waals surface area contributed by atoms with E-state index in [1.54, 1.807) is 16.7 Å². The highest BCUT2D eigenvalue weighted by Gasteiger charge is 2.41. The molecular formula is C28H32N2. The Hall–Kier alpha value is -2.61. The van der Waals surface area contributed by atoms with Gasteiger partial charge in [-0.1, -0.05) is 81.8 Å². The lowest BCUT2D eigenvalue weighted by Gasteiger charge is -2.36. The van der Waals surface area contributed by atoms with Gasteiger partial charge in [0.1, 0.15) is 5.82 Å². The van der Waals surface area contributed by atoms with Crippen LogP contribution in [0.5, 0.6) is 0 Å². The number of fused-ring (bicyclic) bond motifs is 2. The number of allylic oxidation sites excluding steroid dienone is 8. The van der Waals surface area contributed by atoms with Gasteiger partial charge < -0.3 is 0 Å². The summed E-state index contributed by atoms with van der Waals surface area (Å²) in [5, 5.41) is 0. The van der Waals surface area contributed by atoms with Crippen LogP contribution in [0.2, 0.25) is 0 Å². The zero-order chi connectivity index (χ0) is 20.8. The van der Waals surface area contributed by atoms with Crippen molar-refractivity contribution in [2.24, 2.45) is 23.7 Å². The molecule has 5 rings (SSSR count). The van der Waals surface area contributed by atoms with Crippen molar-refractivity contribution in [2.75, 3.05) is 0 Å². The quantitative estimate of drug-likeness (QED) is 0.530. The second-order valence-electron chi connectivity index (χ2n) is 9.57. The molecule has 2 nitrogen and oxygen atoms in total. The molecule has 3 aliphatic carbocycles. The third-order valence-corrected chi connectivity index (χ3v) is 7.00. The summed E-state index contributed by atoms with van der Waals surface area (Å²) in [5.41, 5.74) is 8.95. The van der Waals surface area contributed by atoms with Crippen molar-refractivity contribution in [3.63, 3.8) is 0 Å². The summed E-state index contributed by atoms with van der Waals surface area (Å²) < 4.78 is 2.37. The number of aromatic nitrogens is 2. The highest BCUT2D eigenvalue weighted by atomic mass is 15.1. The molecule has 0 saturated carbocycles. The number of hydrogen-bond acceptors (Lipinski definition) is 1. The van der Waals surface area contributed by atoms with Crippen LogP contribution >= 0.6 is 0 Å². The van der Waals surface area contributed by atoms with Gasteiger partial charge in [0.2, 0.25) is 0 Å². The Labute approximate surface area is 180 Å². The molecule has 154 valence electrons. The van der Waals surface area contributed by atoms with E-state index in [0.717, 1.165) is 5.82 Å². The van der Waals surface area contributed by atoms with Gasteiger partial charge in [-0.2, -0.15) is 0 Å². The van der Waals surface area contributed by atoms with Crippen molar-refractivity contribution in [1.29, 1.82) is 0 Å². The van der Waals surface area contributed by atoms with Gasteiger partial charge in [0.25, 0.3) is 0 Å². The smallest absolute Gasteiger partial charge is 0.144 e. The molecule has 1 heterocycles. The molecule has 0 aliphatic heterocycles. The molecule has 2 unspecified atom stereocenters. The molecule has 3 aliphatic rings. The van der Waals surface area contributed by atoms with E-state index in [0.29, 0.717) is 23.7 Å². The van der Waals surface area contributed by atoms with Crippen molar-refractivity contribution in [3.8, 4) is 11.4 Å². The van der Waals surface area contributed by atoms with Crippen LogP contribution in [-0.4, -0.2) is 9.55 Å². The number of rotatable bonds is 4. The Kier molecular flexibility index (Phi) is 4.89. The molecule has 0 radical (unpaired) electrons. The van der Waals surface area contributed by atoms with Gasteiger partial charge in [-0.15, -0.1) is 0 Å². The molecule has 30 heavy (non-hydrogen) atoms. The predicted molar refractivity (Wildman–Crippen MR) is 126 cm³/mol. The van der Waals surface area contributed by atoms with E-state index in [1.807, 2.05) is 6.20 Å². The first-order chi connectivity index (χ1) is 14.6. The minimum absolute atomic E-state index is 0.480. The molecule has 0 spiro atoms. The van der Waals surface area contributed by atoms with E-state index in [4.69, 9.17) is 4.98 Å². The minimum Gasteiger partial charge on any atom is -0.300 e. The van der Waals surface area contributed by atoms with E-state index >= 15 is 0 Å². The second-order valence-corrected chi connectivity index (χ2v) is 9.57. The Morgan fingerprint density at radius 1 is 1.03 bits per heavy atom. The van der Waals surface area contributed by atoms with E-state index in [2.05, 4.69) is 87.0 Å². The maximum absolute atomic E-state index is 4.79. The first-order valence-corrected chi connectivity index (χ1v) is 11.5. The molecule has 1 aromatic heterocycles. The van der Waals surface area contributed by atoms with Gasteiger partial charge in [-0.3, -0.25) is 4.57 Å². The van der Waals surface area contributed by atoms with Gasteiger partial charge in [-0.25, -0.2) is 4.98 Å². The average Bonchev–Trinajstić information content (AvgIpc) is 3.37. The van der Waals surface area contributed by atoms with Crippen molar-refractivity contribution in [1.82, 2.24) is 9.55 Å². The molecule has 0 N–H and O–H groups in total. The summed E-state index contributed by atoms with van der Waals surface area (Å²) in [7, 11) is 0. The average molecular weight is 397 g/mol. The Morgan fingerprint density at radius 2 is 1.83 bits per heavy atom. The monoisotopic (exact) mass is 396 g/mol. The summed E-state index contributed by atoms with van der Waals surface area (Å²) in [4.78, 5) is 4.79. The summed E-state index contributed by atoms with van der Waals surface area (Å²) in [5.74, 6) is 3.14. The highest BCUT2D eigenvalue weighted by molar-refractivity contribution is 5.77. The van der Waals surface area contributed by atoms with Crippen LogP contribution in [0.1, 0.15) is 47.0 Å². The molecule has 0 saturated heterocycles. The van der Waals surface area contributed by atoms with Crippen LogP contribution in [-0.2, 0) is 0 Å². The van der Waals surface area contributed by atoms with E-state index in [1.165, 1.54) is 36.1 Å². The molecule has 2 atom stereocenters. The first kappa shape index (κ1) is 19.4. The second kappa shape index (κ2) is 7.58. The van der Waals surface area contributed by atoms with Gasteiger partial charge in [0, 0.05) is 23.9 Å². The van der Waals surface area contributed by atoms with Crippen LogP contribution in [0.25, 0.3) is 17.1 Å². The standard InChI is InChI=1S/C28H32N2/c1-18(2)24-17-22-16-21-12-8-9-13-23(21)26(22)25(19(3)4)27(24)30-15-14-29-28(30)20-10-6-5-7-11-20/h5-7,9-11,13-15,17-19,22,26H,8,12,16H2,1-4H3. The largest absolute Gasteiger partial charge is 0.300 e. The number of imidazole rings is 1. The topological polar surface area (TPSA) is 17.8 Å². The van der Waals surface area contributed by atoms with E-state index in [-0.39, 0.29) is 0 Å². The lowest BCUT2D eigenvalue weighted by atomic mass is 9.71. The normalized spacial score (nSPS) is 23.3. The van der Waals surface area contributed by atoms with Gasteiger partial charge in [0.15, 0.2) is 0 Å². The van der Waals surface area contributed by atoms with Crippen molar-refractivity contribution in [3.05, 3.63) is 83.2 Å². The van der Waals surface area contributed by atoms with Crippen molar-refractivity contribution in [2.45, 2.75) is 47.0 Å². The molecule has 1 aromatic carbocycles. The summed E-state index contributed by atoms with van der Waals surface area (Å²) in [6.07, 6.45) is 15.2. The van der Waals surface area contributed by atoms with Gasteiger partial charge in [-0.05, 0) is 53.7 Å². The fourth-order valence-corrected chi connectivity index (χ4v) is 5.74. The SMILES string of the molecule is CC(C)C1=CC2CC3=C(C=CCC3)C2C(C(C)C)=C1n1ccnc1-c1ccccc1. The zero-order valence-corrected chi connectivity index (χ0v) is 18.6. The van der Waals surface area contributed by atoms with Crippen molar-refractivity contribution >= 4 is 5.70 Å². The third-order valence-electron chi connectivity index (χ3n) is 7.00.